The summed E-state index contributed by atoms with van der Waals surface area (Å²) in [7, 11) is 0. The number of likely N-dealkylation sites (tertiary alicyclic amines) is 2. The van der Waals surface area contributed by atoms with Crippen molar-refractivity contribution in [2.45, 2.75) is 90.5 Å². The van der Waals surface area contributed by atoms with Gasteiger partial charge in [0.2, 0.25) is 11.8 Å². The van der Waals surface area contributed by atoms with Crippen molar-refractivity contribution in [1.29, 1.82) is 0 Å². The molecule has 2 atom stereocenters. The van der Waals surface area contributed by atoms with Gasteiger partial charge in [0, 0.05) is 37.8 Å². The smallest absolute Gasteiger partial charge is 0.257 e. The molecule has 1 N–H and O–H groups in total. The minimum Gasteiger partial charge on any atom is -0.342 e. The Morgan fingerprint density at radius 3 is 2.38 bits per heavy atom. The molecule has 1 saturated carbocycles. The minimum atomic E-state index is -0.511. The third-order valence-electron chi connectivity index (χ3n) is 9.74. The number of aryl methyl sites for hydroxylation is 1. The highest BCUT2D eigenvalue weighted by Crippen LogP contribution is 2.40. The number of carbonyl (C=O) groups excluding carboxylic acids is 3. The summed E-state index contributed by atoms with van der Waals surface area (Å²) in [6.45, 7) is 10.4. The van der Waals surface area contributed by atoms with Gasteiger partial charge >= 0.3 is 0 Å². The van der Waals surface area contributed by atoms with E-state index >= 15 is 4.39 Å². The summed E-state index contributed by atoms with van der Waals surface area (Å²) in [6.07, 6.45) is 6.69. The summed E-state index contributed by atoms with van der Waals surface area (Å²) in [5.41, 5.74) is 2.58. The molecule has 0 spiro atoms. The lowest BCUT2D eigenvalue weighted by Crippen LogP contribution is -2.56. The average Bonchev–Trinajstić information content (AvgIpc) is 3.36. The quantitative estimate of drug-likeness (QED) is 0.416. The Morgan fingerprint density at radius 2 is 1.71 bits per heavy atom. The van der Waals surface area contributed by atoms with Gasteiger partial charge in [-0.05, 0) is 98.4 Å². The van der Waals surface area contributed by atoms with E-state index in [2.05, 4.69) is 32.2 Å². The first kappa shape index (κ1) is 30.2. The maximum absolute atomic E-state index is 15.0. The Morgan fingerprint density at radius 1 is 0.976 bits per heavy atom. The van der Waals surface area contributed by atoms with Gasteiger partial charge in [-0.3, -0.25) is 14.4 Å². The Hall–Kier alpha value is -3.22. The molecule has 1 aliphatic carbocycles. The average molecular weight is 576 g/mol. The molecule has 0 unspecified atom stereocenters. The summed E-state index contributed by atoms with van der Waals surface area (Å²) in [5.74, 6) is -0.432. The SMILES string of the molecule is Cc1cccc(F)c1C(=O)N1CCC[C@H](C(=O)Nc2cccc(C(C)(C)C)c2)[C@@H]1C1CCC(CN2CCCC2=O)CC1. The van der Waals surface area contributed by atoms with Crippen molar-refractivity contribution in [1.82, 2.24) is 9.80 Å². The fourth-order valence-corrected chi connectivity index (χ4v) is 7.39. The van der Waals surface area contributed by atoms with E-state index in [-0.39, 0.29) is 46.6 Å². The fourth-order valence-electron chi connectivity index (χ4n) is 7.39. The van der Waals surface area contributed by atoms with Crippen molar-refractivity contribution >= 4 is 23.4 Å². The lowest BCUT2D eigenvalue weighted by atomic mass is 9.71. The normalized spacial score (nSPS) is 25.0. The summed E-state index contributed by atoms with van der Waals surface area (Å²) < 4.78 is 15.0. The van der Waals surface area contributed by atoms with E-state index in [1.165, 1.54) is 6.07 Å². The van der Waals surface area contributed by atoms with Crippen LogP contribution in [0.2, 0.25) is 0 Å². The fraction of sp³-hybridized carbons (Fsp3) is 0.571. The number of piperidine rings is 1. The van der Waals surface area contributed by atoms with Crippen LogP contribution in [0.25, 0.3) is 0 Å². The Labute approximate surface area is 250 Å². The molecular weight excluding hydrogens is 529 g/mol. The van der Waals surface area contributed by atoms with E-state index in [4.69, 9.17) is 0 Å². The first-order valence-electron chi connectivity index (χ1n) is 15.8. The van der Waals surface area contributed by atoms with Crippen molar-refractivity contribution < 1.29 is 18.8 Å². The van der Waals surface area contributed by atoms with Crippen LogP contribution in [0.4, 0.5) is 10.1 Å². The zero-order valence-corrected chi connectivity index (χ0v) is 25.6. The molecule has 7 heteroatoms. The molecule has 0 bridgehead atoms. The predicted octanol–water partition coefficient (Wildman–Crippen LogP) is 6.72. The second-order valence-corrected chi connectivity index (χ2v) is 13.7. The van der Waals surface area contributed by atoms with Gasteiger partial charge in [0.15, 0.2) is 0 Å². The first-order chi connectivity index (χ1) is 20.0. The number of carbonyl (C=O) groups is 3. The highest BCUT2D eigenvalue weighted by atomic mass is 19.1. The van der Waals surface area contributed by atoms with Crippen LogP contribution in [0.5, 0.6) is 0 Å². The van der Waals surface area contributed by atoms with E-state index < -0.39 is 5.82 Å². The number of anilines is 1. The molecule has 226 valence electrons. The maximum atomic E-state index is 15.0. The largest absolute Gasteiger partial charge is 0.342 e. The van der Waals surface area contributed by atoms with Crippen molar-refractivity contribution in [2.75, 3.05) is 25.0 Å². The molecule has 2 aliphatic heterocycles. The monoisotopic (exact) mass is 575 g/mol. The van der Waals surface area contributed by atoms with Crippen LogP contribution >= 0.6 is 0 Å². The summed E-state index contributed by atoms with van der Waals surface area (Å²) in [6, 6.07) is 12.4. The summed E-state index contributed by atoms with van der Waals surface area (Å²) in [5, 5.41) is 3.18. The lowest BCUT2D eigenvalue weighted by molar-refractivity contribution is -0.129. The Balaban J connectivity index is 1.39. The van der Waals surface area contributed by atoms with Gasteiger partial charge in [-0.2, -0.15) is 0 Å². The number of rotatable bonds is 6. The highest BCUT2D eigenvalue weighted by Gasteiger charge is 2.44. The van der Waals surface area contributed by atoms with Crippen LogP contribution in [0.1, 0.15) is 93.6 Å². The molecule has 0 radical (unpaired) electrons. The molecular formula is C35H46FN3O3. The highest BCUT2D eigenvalue weighted by molar-refractivity contribution is 5.98. The number of amides is 3. The number of hydrogen-bond acceptors (Lipinski definition) is 3. The second-order valence-electron chi connectivity index (χ2n) is 13.7. The van der Waals surface area contributed by atoms with Crippen LogP contribution in [-0.2, 0) is 15.0 Å². The van der Waals surface area contributed by atoms with E-state index in [0.29, 0.717) is 37.3 Å². The van der Waals surface area contributed by atoms with E-state index in [1.54, 1.807) is 19.1 Å². The molecule has 2 aromatic carbocycles. The molecule has 2 heterocycles. The number of nitrogens with zero attached hydrogens (tertiary/aromatic N) is 2. The van der Waals surface area contributed by atoms with Crippen molar-refractivity contribution in [3.8, 4) is 0 Å². The molecule has 3 aliphatic rings. The maximum Gasteiger partial charge on any atom is 0.257 e. The predicted molar refractivity (Wildman–Crippen MR) is 164 cm³/mol. The van der Waals surface area contributed by atoms with Crippen LogP contribution in [0, 0.1) is 30.5 Å². The van der Waals surface area contributed by atoms with Gasteiger partial charge in [0.25, 0.3) is 5.91 Å². The van der Waals surface area contributed by atoms with Gasteiger partial charge in [-0.25, -0.2) is 4.39 Å². The van der Waals surface area contributed by atoms with Crippen molar-refractivity contribution in [3.05, 3.63) is 65.0 Å². The van der Waals surface area contributed by atoms with Crippen molar-refractivity contribution in [3.63, 3.8) is 0 Å². The Kier molecular flexibility index (Phi) is 9.05. The second kappa shape index (κ2) is 12.6. The summed E-state index contributed by atoms with van der Waals surface area (Å²) >= 11 is 0. The van der Waals surface area contributed by atoms with Crippen LogP contribution in [0.3, 0.4) is 0 Å². The van der Waals surface area contributed by atoms with Gasteiger partial charge in [0.05, 0.1) is 11.5 Å². The van der Waals surface area contributed by atoms with Gasteiger partial charge in [-0.1, -0.05) is 45.0 Å². The van der Waals surface area contributed by atoms with Gasteiger partial charge in [0.1, 0.15) is 5.82 Å². The molecule has 42 heavy (non-hydrogen) atoms. The van der Waals surface area contributed by atoms with E-state index in [1.807, 2.05) is 28.0 Å². The van der Waals surface area contributed by atoms with Crippen LogP contribution in [0.15, 0.2) is 42.5 Å². The first-order valence-corrected chi connectivity index (χ1v) is 15.8. The molecule has 6 nitrogen and oxygen atoms in total. The van der Waals surface area contributed by atoms with Gasteiger partial charge in [-0.15, -0.1) is 0 Å². The molecule has 2 saturated heterocycles. The summed E-state index contributed by atoms with van der Waals surface area (Å²) in [4.78, 5) is 44.0. The number of halogens is 1. The van der Waals surface area contributed by atoms with Crippen LogP contribution < -0.4 is 5.32 Å². The third-order valence-corrected chi connectivity index (χ3v) is 9.74. The van der Waals surface area contributed by atoms with Crippen LogP contribution in [-0.4, -0.2) is 53.2 Å². The Bertz CT molecular complexity index is 1290. The molecule has 3 fully saturated rings. The molecule has 5 rings (SSSR count). The third kappa shape index (κ3) is 6.55. The standard InChI is InChI=1S/C35H46FN3O3/c1-23-9-5-13-29(36)31(23)34(42)39-20-7-12-28(33(41)37-27-11-6-10-26(21-27)35(2,3)4)32(39)25-17-15-24(16-18-25)22-38-19-8-14-30(38)40/h5-6,9-11,13,21,24-25,28,32H,7-8,12,14-20,22H2,1-4H3,(H,37,41)/t24?,25?,28-,32-/m0/s1. The zero-order valence-electron chi connectivity index (χ0n) is 25.6. The lowest BCUT2D eigenvalue weighted by Gasteiger charge is -2.47. The number of hydrogen-bond donors (Lipinski definition) is 1. The molecule has 0 aromatic heterocycles. The minimum absolute atomic E-state index is 0.0483. The number of nitrogens with one attached hydrogen (secondary N) is 1. The van der Waals surface area contributed by atoms with Crippen molar-refractivity contribution in [2.24, 2.45) is 17.8 Å². The van der Waals surface area contributed by atoms with E-state index in [0.717, 1.165) is 56.4 Å². The molecule has 3 amide bonds. The van der Waals surface area contributed by atoms with E-state index in [9.17, 15) is 14.4 Å². The van der Waals surface area contributed by atoms with Gasteiger partial charge < -0.3 is 15.1 Å². The zero-order chi connectivity index (χ0) is 30.0. The topological polar surface area (TPSA) is 69.7 Å². The molecule has 2 aromatic rings. The number of benzene rings is 2.